The molecule has 2 heterocycles. The molecular formula is C13H18N4O2. The molecule has 2 N–H and O–H groups in total. The summed E-state index contributed by atoms with van der Waals surface area (Å²) in [4.78, 5) is 29.1. The third-order valence-corrected chi connectivity index (χ3v) is 3.24. The molecule has 6 nitrogen and oxygen atoms in total. The Morgan fingerprint density at radius 3 is 2.84 bits per heavy atom. The van der Waals surface area contributed by atoms with E-state index >= 15 is 0 Å². The Hall–Kier alpha value is -2.11. The normalized spacial score (nSPS) is 19.2. The molecule has 0 bridgehead atoms. The molecule has 2 rings (SSSR count). The van der Waals surface area contributed by atoms with Gasteiger partial charge < -0.3 is 15.5 Å². The van der Waals surface area contributed by atoms with Crippen LogP contribution in [0.5, 0.6) is 0 Å². The highest BCUT2D eigenvalue weighted by atomic mass is 16.2. The summed E-state index contributed by atoms with van der Waals surface area (Å²) in [6, 6.07) is 3.50. The quantitative estimate of drug-likeness (QED) is 0.830. The fraction of sp³-hybridized carbons (Fsp3) is 0.462. The molecule has 1 unspecified atom stereocenters. The number of piperidine rings is 1. The molecular weight excluding hydrogens is 244 g/mol. The first-order valence-corrected chi connectivity index (χ1v) is 6.29. The van der Waals surface area contributed by atoms with Crippen molar-refractivity contribution in [3.8, 4) is 0 Å². The zero-order valence-electron chi connectivity index (χ0n) is 11.1. The first-order valence-electron chi connectivity index (χ1n) is 6.29. The van der Waals surface area contributed by atoms with Gasteiger partial charge >= 0.3 is 0 Å². The minimum Gasteiger partial charge on any atom is -0.373 e. The number of likely N-dealkylation sites (tertiary alicyclic amines) is 1. The number of amides is 2. The number of aromatic nitrogens is 1. The van der Waals surface area contributed by atoms with E-state index in [4.69, 9.17) is 0 Å². The lowest BCUT2D eigenvalue weighted by atomic mass is 10.1. The van der Waals surface area contributed by atoms with Crippen molar-refractivity contribution in [2.24, 2.45) is 0 Å². The van der Waals surface area contributed by atoms with Gasteiger partial charge in [0.05, 0.1) is 5.56 Å². The van der Waals surface area contributed by atoms with Gasteiger partial charge in [-0.15, -0.1) is 0 Å². The SMILES string of the molecule is CNc1ccc(C(=O)NC2CCC(=O)N(C)C2)cn1. The summed E-state index contributed by atoms with van der Waals surface area (Å²) in [5, 5.41) is 5.83. The van der Waals surface area contributed by atoms with Gasteiger partial charge in [-0.25, -0.2) is 4.98 Å². The molecule has 0 aliphatic carbocycles. The van der Waals surface area contributed by atoms with E-state index in [2.05, 4.69) is 15.6 Å². The molecule has 1 aromatic rings. The maximum Gasteiger partial charge on any atom is 0.253 e. The molecule has 2 amide bonds. The minimum absolute atomic E-state index is 0.0131. The monoisotopic (exact) mass is 262 g/mol. The lowest BCUT2D eigenvalue weighted by Gasteiger charge is -2.30. The predicted octanol–water partition coefficient (Wildman–Crippen LogP) is 0.474. The Labute approximate surface area is 112 Å². The van der Waals surface area contributed by atoms with Crippen LogP contribution in [-0.2, 0) is 4.79 Å². The molecule has 1 aliphatic heterocycles. The largest absolute Gasteiger partial charge is 0.373 e. The molecule has 0 aromatic carbocycles. The van der Waals surface area contributed by atoms with Crippen LogP contribution in [0.4, 0.5) is 5.82 Å². The van der Waals surface area contributed by atoms with E-state index in [9.17, 15) is 9.59 Å². The standard InChI is InChI=1S/C13H18N4O2/c1-14-11-5-3-9(7-15-11)13(19)16-10-4-6-12(18)17(2)8-10/h3,5,7,10H,4,6,8H2,1-2H3,(H,14,15)(H,16,19). The van der Waals surface area contributed by atoms with E-state index in [-0.39, 0.29) is 17.9 Å². The number of likely N-dealkylation sites (N-methyl/N-ethyl adjacent to an activating group) is 1. The number of anilines is 1. The van der Waals surface area contributed by atoms with E-state index in [0.717, 1.165) is 5.82 Å². The minimum atomic E-state index is -0.150. The van der Waals surface area contributed by atoms with Crippen molar-refractivity contribution in [2.45, 2.75) is 18.9 Å². The molecule has 1 aliphatic rings. The maximum atomic E-state index is 12.0. The van der Waals surface area contributed by atoms with Crippen molar-refractivity contribution in [1.29, 1.82) is 0 Å². The average Bonchev–Trinajstić information content (AvgIpc) is 2.43. The fourth-order valence-corrected chi connectivity index (χ4v) is 2.07. The van der Waals surface area contributed by atoms with E-state index in [0.29, 0.717) is 24.9 Å². The molecule has 6 heteroatoms. The number of pyridine rings is 1. The number of carbonyl (C=O) groups is 2. The van der Waals surface area contributed by atoms with E-state index in [1.54, 1.807) is 37.3 Å². The van der Waals surface area contributed by atoms with E-state index < -0.39 is 0 Å². The van der Waals surface area contributed by atoms with Crippen molar-refractivity contribution >= 4 is 17.6 Å². The second kappa shape index (κ2) is 5.69. The third-order valence-electron chi connectivity index (χ3n) is 3.24. The lowest BCUT2D eigenvalue weighted by molar-refractivity contribution is -0.132. The van der Waals surface area contributed by atoms with Crippen LogP contribution in [0.25, 0.3) is 0 Å². The highest BCUT2D eigenvalue weighted by Gasteiger charge is 2.24. The Morgan fingerprint density at radius 2 is 2.26 bits per heavy atom. The van der Waals surface area contributed by atoms with Gasteiger partial charge in [-0.05, 0) is 18.6 Å². The molecule has 1 saturated heterocycles. The average molecular weight is 262 g/mol. The summed E-state index contributed by atoms with van der Waals surface area (Å²) >= 11 is 0. The van der Waals surface area contributed by atoms with Crippen molar-refractivity contribution < 1.29 is 9.59 Å². The molecule has 19 heavy (non-hydrogen) atoms. The number of nitrogens with zero attached hydrogens (tertiary/aromatic N) is 2. The van der Waals surface area contributed by atoms with Crippen LogP contribution in [0.1, 0.15) is 23.2 Å². The second-order valence-corrected chi connectivity index (χ2v) is 4.67. The first-order chi connectivity index (χ1) is 9.10. The highest BCUT2D eigenvalue weighted by molar-refractivity contribution is 5.94. The Balaban J connectivity index is 1.95. The maximum absolute atomic E-state index is 12.0. The van der Waals surface area contributed by atoms with E-state index in [1.807, 2.05) is 0 Å². The van der Waals surface area contributed by atoms with Crippen molar-refractivity contribution in [3.05, 3.63) is 23.9 Å². The van der Waals surface area contributed by atoms with Gasteiger partial charge in [-0.2, -0.15) is 0 Å². The van der Waals surface area contributed by atoms with Gasteiger partial charge in [-0.3, -0.25) is 9.59 Å². The van der Waals surface area contributed by atoms with E-state index in [1.165, 1.54) is 0 Å². The Morgan fingerprint density at radius 1 is 1.47 bits per heavy atom. The van der Waals surface area contributed by atoms with Gasteiger partial charge in [0.2, 0.25) is 5.91 Å². The van der Waals surface area contributed by atoms with Crippen LogP contribution in [0.3, 0.4) is 0 Å². The van der Waals surface area contributed by atoms with Crippen LogP contribution >= 0.6 is 0 Å². The van der Waals surface area contributed by atoms with Gasteiger partial charge in [0, 0.05) is 39.3 Å². The molecule has 1 atom stereocenters. The molecule has 0 spiro atoms. The van der Waals surface area contributed by atoms with Crippen molar-refractivity contribution in [2.75, 3.05) is 26.0 Å². The smallest absolute Gasteiger partial charge is 0.253 e. The van der Waals surface area contributed by atoms with Crippen LogP contribution in [0.15, 0.2) is 18.3 Å². The van der Waals surface area contributed by atoms with Crippen LogP contribution in [0.2, 0.25) is 0 Å². The number of carbonyl (C=O) groups excluding carboxylic acids is 2. The van der Waals surface area contributed by atoms with Crippen molar-refractivity contribution in [3.63, 3.8) is 0 Å². The summed E-state index contributed by atoms with van der Waals surface area (Å²) in [5.74, 6) is 0.702. The van der Waals surface area contributed by atoms with Gasteiger partial charge in [-0.1, -0.05) is 0 Å². The number of rotatable bonds is 3. The number of hydrogen-bond acceptors (Lipinski definition) is 4. The van der Waals surface area contributed by atoms with Gasteiger partial charge in [0.25, 0.3) is 5.91 Å². The summed E-state index contributed by atoms with van der Waals surface area (Å²) in [7, 11) is 3.53. The third kappa shape index (κ3) is 3.21. The fourth-order valence-electron chi connectivity index (χ4n) is 2.07. The first kappa shape index (κ1) is 13.3. The van der Waals surface area contributed by atoms with Gasteiger partial charge in [0.1, 0.15) is 5.82 Å². The highest BCUT2D eigenvalue weighted by Crippen LogP contribution is 2.11. The molecule has 0 saturated carbocycles. The lowest BCUT2D eigenvalue weighted by Crippen LogP contribution is -2.48. The van der Waals surface area contributed by atoms with Crippen LogP contribution < -0.4 is 10.6 Å². The molecule has 102 valence electrons. The predicted molar refractivity (Wildman–Crippen MR) is 71.9 cm³/mol. The zero-order valence-corrected chi connectivity index (χ0v) is 11.1. The zero-order chi connectivity index (χ0) is 13.8. The number of hydrogen-bond donors (Lipinski definition) is 2. The Bertz CT molecular complexity index is 472. The summed E-state index contributed by atoms with van der Waals surface area (Å²) in [5.41, 5.74) is 0.526. The molecule has 1 aromatic heterocycles. The molecule has 1 fully saturated rings. The topological polar surface area (TPSA) is 74.3 Å². The van der Waals surface area contributed by atoms with Gasteiger partial charge in [0.15, 0.2) is 0 Å². The van der Waals surface area contributed by atoms with Crippen molar-refractivity contribution in [1.82, 2.24) is 15.2 Å². The summed E-state index contributed by atoms with van der Waals surface area (Å²) < 4.78 is 0. The van der Waals surface area contributed by atoms with Crippen LogP contribution in [-0.4, -0.2) is 48.4 Å². The summed E-state index contributed by atoms with van der Waals surface area (Å²) in [6.45, 7) is 0.562. The Kier molecular flexibility index (Phi) is 3.99. The number of nitrogens with one attached hydrogen (secondary N) is 2. The molecule has 0 radical (unpaired) electrons. The second-order valence-electron chi connectivity index (χ2n) is 4.67. The summed E-state index contributed by atoms with van der Waals surface area (Å²) in [6.07, 6.45) is 2.72. The van der Waals surface area contributed by atoms with Crippen LogP contribution in [0, 0.1) is 0 Å².